The molecular formula is C21H27N3O2. The lowest BCUT2D eigenvalue weighted by Gasteiger charge is -2.31. The average Bonchev–Trinajstić information content (AvgIpc) is 2.67. The molecule has 1 amide bonds. The summed E-state index contributed by atoms with van der Waals surface area (Å²) < 4.78 is 5.47. The van der Waals surface area contributed by atoms with Crippen molar-refractivity contribution >= 4 is 17.3 Å². The van der Waals surface area contributed by atoms with Gasteiger partial charge in [-0.25, -0.2) is 0 Å². The highest BCUT2D eigenvalue weighted by Crippen LogP contribution is 2.23. The van der Waals surface area contributed by atoms with E-state index in [1.54, 1.807) is 0 Å². The Bertz CT molecular complexity index is 742. The molecule has 3 rings (SSSR count). The van der Waals surface area contributed by atoms with E-state index in [1.807, 2.05) is 18.2 Å². The summed E-state index contributed by atoms with van der Waals surface area (Å²) >= 11 is 0. The molecule has 0 aliphatic carbocycles. The number of nitrogens with zero attached hydrogens (tertiary/aromatic N) is 1. The zero-order valence-electron chi connectivity index (χ0n) is 15.5. The molecule has 26 heavy (non-hydrogen) atoms. The fourth-order valence-electron chi connectivity index (χ4n) is 3.24. The van der Waals surface area contributed by atoms with Gasteiger partial charge in [0.1, 0.15) is 0 Å². The Morgan fingerprint density at radius 2 is 1.92 bits per heavy atom. The summed E-state index contributed by atoms with van der Waals surface area (Å²) in [4.78, 5) is 13.6. The molecule has 1 saturated heterocycles. The largest absolute Gasteiger partial charge is 0.378 e. The topological polar surface area (TPSA) is 53.6 Å². The molecular weight excluding hydrogens is 326 g/mol. The summed E-state index contributed by atoms with van der Waals surface area (Å²) in [5.41, 5.74) is 4.55. The van der Waals surface area contributed by atoms with Crippen LogP contribution in [-0.4, -0.2) is 32.2 Å². The Kier molecular flexibility index (Phi) is 6.26. The molecule has 5 nitrogen and oxygen atoms in total. The number of ether oxygens (including phenoxy) is 1. The van der Waals surface area contributed by atoms with Crippen molar-refractivity contribution in [1.82, 2.24) is 5.32 Å². The standard InChI is InChI=1S/C21H27N3O2/c1-16(18-7-5-8-20(14-18)23-17(2)25)22-15-19-6-3-4-9-21(19)24-10-12-26-13-11-24/h3-9,14,16,22H,10-13,15H2,1-2H3,(H,23,25). The van der Waals surface area contributed by atoms with Crippen molar-refractivity contribution in [2.75, 3.05) is 36.5 Å². The molecule has 0 aromatic heterocycles. The predicted molar refractivity (Wildman–Crippen MR) is 105 cm³/mol. The highest BCUT2D eigenvalue weighted by atomic mass is 16.5. The van der Waals surface area contributed by atoms with E-state index in [2.05, 4.69) is 52.8 Å². The Morgan fingerprint density at radius 3 is 2.69 bits per heavy atom. The number of carbonyl (C=O) groups is 1. The van der Waals surface area contributed by atoms with Crippen LogP contribution in [-0.2, 0) is 16.1 Å². The molecule has 1 aliphatic rings. The van der Waals surface area contributed by atoms with Crippen LogP contribution >= 0.6 is 0 Å². The number of benzene rings is 2. The first-order chi connectivity index (χ1) is 12.6. The van der Waals surface area contributed by atoms with Crippen LogP contribution in [0.25, 0.3) is 0 Å². The van der Waals surface area contributed by atoms with E-state index < -0.39 is 0 Å². The van der Waals surface area contributed by atoms with Crippen molar-refractivity contribution < 1.29 is 9.53 Å². The molecule has 1 atom stereocenters. The zero-order valence-corrected chi connectivity index (χ0v) is 15.5. The van der Waals surface area contributed by atoms with Gasteiger partial charge in [-0.3, -0.25) is 4.79 Å². The molecule has 1 unspecified atom stereocenters. The van der Waals surface area contributed by atoms with Crippen LogP contribution in [0, 0.1) is 0 Å². The van der Waals surface area contributed by atoms with Gasteiger partial charge < -0.3 is 20.3 Å². The van der Waals surface area contributed by atoms with Crippen molar-refractivity contribution in [2.24, 2.45) is 0 Å². The van der Waals surface area contributed by atoms with Gasteiger partial charge in [0, 0.05) is 44.0 Å². The number of hydrogen-bond acceptors (Lipinski definition) is 4. The van der Waals surface area contributed by atoms with E-state index in [4.69, 9.17) is 4.74 Å². The van der Waals surface area contributed by atoms with Crippen molar-refractivity contribution in [3.63, 3.8) is 0 Å². The number of nitrogens with one attached hydrogen (secondary N) is 2. The molecule has 1 fully saturated rings. The quantitative estimate of drug-likeness (QED) is 0.836. The van der Waals surface area contributed by atoms with Crippen molar-refractivity contribution in [3.8, 4) is 0 Å². The molecule has 1 heterocycles. The van der Waals surface area contributed by atoms with Crippen LogP contribution in [0.1, 0.15) is 31.0 Å². The van der Waals surface area contributed by atoms with E-state index in [1.165, 1.54) is 18.2 Å². The maximum absolute atomic E-state index is 11.3. The predicted octanol–water partition coefficient (Wildman–Crippen LogP) is 3.33. The smallest absolute Gasteiger partial charge is 0.221 e. The molecule has 138 valence electrons. The molecule has 2 aromatic carbocycles. The second-order valence-electron chi connectivity index (χ2n) is 6.64. The number of hydrogen-bond donors (Lipinski definition) is 2. The summed E-state index contributed by atoms with van der Waals surface area (Å²) in [5, 5.41) is 6.45. The summed E-state index contributed by atoms with van der Waals surface area (Å²) in [7, 11) is 0. The van der Waals surface area contributed by atoms with Gasteiger partial charge in [0.05, 0.1) is 13.2 Å². The molecule has 0 radical (unpaired) electrons. The van der Waals surface area contributed by atoms with Gasteiger partial charge >= 0.3 is 0 Å². The molecule has 0 saturated carbocycles. The maximum atomic E-state index is 11.3. The van der Waals surface area contributed by atoms with Gasteiger partial charge in [-0.2, -0.15) is 0 Å². The second kappa shape index (κ2) is 8.83. The Morgan fingerprint density at radius 1 is 1.15 bits per heavy atom. The SMILES string of the molecule is CC(=O)Nc1cccc(C(C)NCc2ccccc2N2CCOCC2)c1. The lowest BCUT2D eigenvalue weighted by molar-refractivity contribution is -0.114. The van der Waals surface area contributed by atoms with Crippen molar-refractivity contribution in [1.29, 1.82) is 0 Å². The van der Waals surface area contributed by atoms with Gasteiger partial charge in [-0.1, -0.05) is 30.3 Å². The number of anilines is 2. The second-order valence-corrected chi connectivity index (χ2v) is 6.64. The van der Waals surface area contributed by atoms with Crippen LogP contribution < -0.4 is 15.5 Å². The monoisotopic (exact) mass is 353 g/mol. The van der Waals surface area contributed by atoms with Crippen LogP contribution in [0.5, 0.6) is 0 Å². The Hall–Kier alpha value is -2.37. The minimum absolute atomic E-state index is 0.0535. The minimum atomic E-state index is -0.0535. The lowest BCUT2D eigenvalue weighted by atomic mass is 10.1. The molecule has 2 aromatic rings. The summed E-state index contributed by atoms with van der Waals surface area (Å²) in [6.45, 7) is 7.90. The fourth-order valence-corrected chi connectivity index (χ4v) is 3.24. The summed E-state index contributed by atoms with van der Waals surface area (Å²) in [6, 6.07) is 16.7. The third-order valence-corrected chi connectivity index (χ3v) is 4.65. The first kappa shape index (κ1) is 18.4. The average molecular weight is 353 g/mol. The Balaban J connectivity index is 1.66. The maximum Gasteiger partial charge on any atom is 0.221 e. The number of para-hydroxylation sites is 1. The fraction of sp³-hybridized carbons (Fsp3) is 0.381. The highest BCUT2D eigenvalue weighted by molar-refractivity contribution is 5.88. The first-order valence-corrected chi connectivity index (χ1v) is 9.15. The first-order valence-electron chi connectivity index (χ1n) is 9.15. The number of morpholine rings is 1. The minimum Gasteiger partial charge on any atom is -0.378 e. The third-order valence-electron chi connectivity index (χ3n) is 4.65. The van der Waals surface area contributed by atoms with Crippen molar-refractivity contribution in [3.05, 3.63) is 59.7 Å². The van der Waals surface area contributed by atoms with Gasteiger partial charge in [-0.05, 0) is 36.2 Å². The molecule has 0 bridgehead atoms. The normalized spacial score (nSPS) is 15.5. The Labute approximate surface area is 155 Å². The van der Waals surface area contributed by atoms with Gasteiger partial charge in [0.25, 0.3) is 0 Å². The van der Waals surface area contributed by atoms with E-state index in [0.717, 1.165) is 44.1 Å². The zero-order chi connectivity index (χ0) is 18.4. The third kappa shape index (κ3) is 4.84. The van der Waals surface area contributed by atoms with Crippen LogP contribution in [0.3, 0.4) is 0 Å². The molecule has 1 aliphatic heterocycles. The van der Waals surface area contributed by atoms with Gasteiger partial charge in [0.15, 0.2) is 0 Å². The van der Waals surface area contributed by atoms with Crippen LogP contribution in [0.4, 0.5) is 11.4 Å². The highest BCUT2D eigenvalue weighted by Gasteiger charge is 2.15. The van der Waals surface area contributed by atoms with Gasteiger partial charge in [0.2, 0.25) is 5.91 Å². The van der Waals surface area contributed by atoms with E-state index >= 15 is 0 Å². The van der Waals surface area contributed by atoms with E-state index in [9.17, 15) is 4.79 Å². The number of rotatable bonds is 6. The van der Waals surface area contributed by atoms with E-state index in [0.29, 0.717) is 0 Å². The molecule has 5 heteroatoms. The number of amides is 1. The molecule has 2 N–H and O–H groups in total. The van der Waals surface area contributed by atoms with Crippen LogP contribution in [0.15, 0.2) is 48.5 Å². The van der Waals surface area contributed by atoms with Crippen molar-refractivity contribution in [2.45, 2.75) is 26.4 Å². The van der Waals surface area contributed by atoms with Gasteiger partial charge in [-0.15, -0.1) is 0 Å². The summed E-state index contributed by atoms with van der Waals surface area (Å²) in [6.07, 6.45) is 0. The van der Waals surface area contributed by atoms with E-state index in [-0.39, 0.29) is 11.9 Å². The molecule has 0 spiro atoms. The summed E-state index contributed by atoms with van der Waals surface area (Å²) in [5.74, 6) is -0.0535. The lowest BCUT2D eigenvalue weighted by Crippen LogP contribution is -2.37. The van der Waals surface area contributed by atoms with Crippen LogP contribution in [0.2, 0.25) is 0 Å². The number of carbonyl (C=O) groups excluding carboxylic acids is 1.